The molecule has 7 heteroatoms. The van der Waals surface area contributed by atoms with Crippen LogP contribution in [0.15, 0.2) is 16.9 Å². The summed E-state index contributed by atoms with van der Waals surface area (Å²) in [6.07, 6.45) is 3.59. The largest absolute Gasteiger partial charge is 0.314 e. The van der Waals surface area contributed by atoms with E-state index in [1.165, 1.54) is 0 Å². The SMILES string of the molecule is Brc1cnc(CN2CCNCC2)nc1.Cl.Cl. The Labute approximate surface area is 116 Å². The Hall–Kier alpha value is 0.0600. The van der Waals surface area contributed by atoms with Gasteiger partial charge in [0.15, 0.2) is 0 Å². The molecule has 1 aromatic heterocycles. The molecule has 1 aromatic rings. The van der Waals surface area contributed by atoms with Crippen molar-refractivity contribution in [1.82, 2.24) is 20.2 Å². The van der Waals surface area contributed by atoms with E-state index in [-0.39, 0.29) is 24.8 Å². The molecule has 0 unspecified atom stereocenters. The highest BCUT2D eigenvalue weighted by Gasteiger charge is 2.10. The highest BCUT2D eigenvalue weighted by atomic mass is 79.9. The van der Waals surface area contributed by atoms with Crippen molar-refractivity contribution >= 4 is 40.7 Å². The molecule has 1 aliphatic rings. The molecule has 0 aromatic carbocycles. The molecule has 92 valence electrons. The molecule has 2 heterocycles. The van der Waals surface area contributed by atoms with Crippen LogP contribution in [0.5, 0.6) is 0 Å². The molecule has 0 atom stereocenters. The minimum atomic E-state index is 0. The maximum Gasteiger partial charge on any atom is 0.142 e. The number of piperazine rings is 1. The number of nitrogens with one attached hydrogen (secondary N) is 1. The van der Waals surface area contributed by atoms with Crippen molar-refractivity contribution in [3.05, 3.63) is 22.7 Å². The molecule has 1 N–H and O–H groups in total. The Morgan fingerprint density at radius 2 is 1.75 bits per heavy atom. The van der Waals surface area contributed by atoms with E-state index in [1.807, 2.05) is 0 Å². The van der Waals surface area contributed by atoms with Crippen molar-refractivity contribution in [3.63, 3.8) is 0 Å². The summed E-state index contributed by atoms with van der Waals surface area (Å²) in [4.78, 5) is 10.9. The van der Waals surface area contributed by atoms with Crippen molar-refractivity contribution in [2.45, 2.75) is 6.54 Å². The molecule has 0 saturated carbocycles. The van der Waals surface area contributed by atoms with Gasteiger partial charge in [-0.1, -0.05) is 0 Å². The second-order valence-corrected chi connectivity index (χ2v) is 4.26. The molecule has 0 bridgehead atoms. The van der Waals surface area contributed by atoms with Gasteiger partial charge in [0.2, 0.25) is 0 Å². The normalized spacial score (nSPS) is 16.1. The summed E-state index contributed by atoms with van der Waals surface area (Å²) < 4.78 is 0.932. The Bertz CT molecular complexity index is 290. The first kappa shape index (κ1) is 16.1. The lowest BCUT2D eigenvalue weighted by Crippen LogP contribution is -2.43. The zero-order chi connectivity index (χ0) is 9.80. The monoisotopic (exact) mass is 328 g/mol. The minimum absolute atomic E-state index is 0. The van der Waals surface area contributed by atoms with Crippen molar-refractivity contribution in [2.75, 3.05) is 26.2 Å². The van der Waals surface area contributed by atoms with E-state index in [2.05, 4.69) is 36.1 Å². The van der Waals surface area contributed by atoms with Crippen LogP contribution in [0.2, 0.25) is 0 Å². The summed E-state index contributed by atoms with van der Waals surface area (Å²) in [5.74, 6) is 0.898. The van der Waals surface area contributed by atoms with Crippen LogP contribution in [0.1, 0.15) is 5.82 Å². The fraction of sp³-hybridized carbons (Fsp3) is 0.556. The van der Waals surface area contributed by atoms with Crippen molar-refractivity contribution in [3.8, 4) is 0 Å². The Balaban J connectivity index is 0.00000112. The van der Waals surface area contributed by atoms with Crippen LogP contribution >= 0.6 is 40.7 Å². The third kappa shape index (κ3) is 4.93. The van der Waals surface area contributed by atoms with Crippen LogP contribution < -0.4 is 5.32 Å². The van der Waals surface area contributed by atoms with E-state index in [4.69, 9.17) is 0 Å². The fourth-order valence-electron chi connectivity index (χ4n) is 1.49. The van der Waals surface area contributed by atoms with Gasteiger partial charge in [0.25, 0.3) is 0 Å². The maximum atomic E-state index is 4.25. The fourth-order valence-corrected chi connectivity index (χ4v) is 1.69. The van der Waals surface area contributed by atoms with Gasteiger partial charge in [0.05, 0.1) is 11.0 Å². The molecule has 2 rings (SSSR count). The van der Waals surface area contributed by atoms with Crippen molar-refractivity contribution in [1.29, 1.82) is 0 Å². The van der Waals surface area contributed by atoms with Gasteiger partial charge in [-0.25, -0.2) is 9.97 Å². The highest BCUT2D eigenvalue weighted by Crippen LogP contribution is 2.06. The third-order valence-electron chi connectivity index (χ3n) is 2.25. The van der Waals surface area contributed by atoms with E-state index in [0.717, 1.165) is 43.0 Å². The molecular weight excluding hydrogens is 315 g/mol. The lowest BCUT2D eigenvalue weighted by atomic mass is 10.3. The predicted octanol–water partition coefficient (Wildman–Crippen LogP) is 1.49. The molecular formula is C9H15BrCl2N4. The quantitative estimate of drug-likeness (QED) is 0.892. The first-order valence-electron chi connectivity index (χ1n) is 4.74. The van der Waals surface area contributed by atoms with Crippen LogP contribution in [-0.4, -0.2) is 41.0 Å². The smallest absolute Gasteiger partial charge is 0.142 e. The van der Waals surface area contributed by atoms with Gasteiger partial charge in [0, 0.05) is 38.6 Å². The standard InChI is InChI=1S/C9H13BrN4.2ClH/c10-8-5-12-9(13-6-8)7-14-3-1-11-2-4-14;;/h5-6,11H,1-4,7H2;2*1H. The molecule has 1 aliphatic heterocycles. The van der Waals surface area contributed by atoms with Crippen molar-refractivity contribution in [2.24, 2.45) is 0 Å². The van der Waals surface area contributed by atoms with E-state index in [0.29, 0.717) is 0 Å². The molecule has 0 spiro atoms. The summed E-state index contributed by atoms with van der Waals surface area (Å²) >= 11 is 3.32. The van der Waals surface area contributed by atoms with E-state index >= 15 is 0 Å². The first-order valence-corrected chi connectivity index (χ1v) is 5.53. The van der Waals surface area contributed by atoms with Gasteiger partial charge < -0.3 is 5.32 Å². The molecule has 0 amide bonds. The van der Waals surface area contributed by atoms with E-state index in [9.17, 15) is 0 Å². The second kappa shape index (κ2) is 8.20. The lowest BCUT2D eigenvalue weighted by Gasteiger charge is -2.26. The van der Waals surface area contributed by atoms with Crippen LogP contribution in [0, 0.1) is 0 Å². The number of aromatic nitrogens is 2. The minimum Gasteiger partial charge on any atom is -0.314 e. The number of hydrogen-bond acceptors (Lipinski definition) is 4. The Morgan fingerprint density at radius 3 is 2.31 bits per heavy atom. The van der Waals surface area contributed by atoms with Gasteiger partial charge in [-0.15, -0.1) is 24.8 Å². The molecule has 0 aliphatic carbocycles. The van der Waals surface area contributed by atoms with E-state index < -0.39 is 0 Å². The van der Waals surface area contributed by atoms with Gasteiger partial charge in [-0.2, -0.15) is 0 Å². The molecule has 1 saturated heterocycles. The third-order valence-corrected chi connectivity index (χ3v) is 2.66. The van der Waals surface area contributed by atoms with Gasteiger partial charge >= 0.3 is 0 Å². The van der Waals surface area contributed by atoms with Crippen LogP contribution in [0.25, 0.3) is 0 Å². The average Bonchev–Trinajstić information content (AvgIpc) is 2.23. The Kier molecular flexibility index (Phi) is 8.23. The predicted molar refractivity (Wildman–Crippen MR) is 72.4 cm³/mol. The van der Waals surface area contributed by atoms with Crippen LogP contribution in [-0.2, 0) is 6.54 Å². The van der Waals surface area contributed by atoms with Gasteiger partial charge in [-0.05, 0) is 15.9 Å². The van der Waals surface area contributed by atoms with Gasteiger partial charge in [-0.3, -0.25) is 4.90 Å². The second-order valence-electron chi connectivity index (χ2n) is 3.34. The zero-order valence-corrected chi connectivity index (χ0v) is 11.9. The molecule has 1 fully saturated rings. The van der Waals surface area contributed by atoms with Crippen LogP contribution in [0.4, 0.5) is 0 Å². The number of rotatable bonds is 2. The topological polar surface area (TPSA) is 41.1 Å². The highest BCUT2D eigenvalue weighted by molar-refractivity contribution is 9.10. The average molecular weight is 330 g/mol. The van der Waals surface area contributed by atoms with Crippen molar-refractivity contribution < 1.29 is 0 Å². The number of nitrogens with zero attached hydrogens (tertiary/aromatic N) is 3. The molecule has 16 heavy (non-hydrogen) atoms. The summed E-state index contributed by atoms with van der Waals surface area (Å²) in [6.45, 7) is 5.15. The first-order chi connectivity index (χ1) is 6.84. The summed E-state index contributed by atoms with van der Waals surface area (Å²) in [5.41, 5.74) is 0. The number of hydrogen-bond donors (Lipinski definition) is 1. The number of halogens is 3. The summed E-state index contributed by atoms with van der Waals surface area (Å²) in [6, 6.07) is 0. The molecule has 4 nitrogen and oxygen atoms in total. The Morgan fingerprint density at radius 1 is 1.19 bits per heavy atom. The lowest BCUT2D eigenvalue weighted by molar-refractivity contribution is 0.228. The van der Waals surface area contributed by atoms with Crippen LogP contribution in [0.3, 0.4) is 0 Å². The van der Waals surface area contributed by atoms with Gasteiger partial charge in [0.1, 0.15) is 5.82 Å². The maximum absolute atomic E-state index is 4.25. The molecule has 0 radical (unpaired) electrons. The summed E-state index contributed by atoms with van der Waals surface area (Å²) in [7, 11) is 0. The summed E-state index contributed by atoms with van der Waals surface area (Å²) in [5, 5.41) is 3.32. The van der Waals surface area contributed by atoms with E-state index in [1.54, 1.807) is 12.4 Å². The zero-order valence-electron chi connectivity index (χ0n) is 8.73.